The SMILES string of the molecule is C=CCC(C)(C(C)N(C)C)N(C)C. The fourth-order valence-corrected chi connectivity index (χ4v) is 1.58. The van der Waals surface area contributed by atoms with Crippen LogP contribution in [0, 0.1) is 0 Å². The van der Waals surface area contributed by atoms with Gasteiger partial charge in [0.1, 0.15) is 0 Å². The predicted molar refractivity (Wildman–Crippen MR) is 60.1 cm³/mol. The van der Waals surface area contributed by atoms with Gasteiger partial charge in [0.05, 0.1) is 0 Å². The van der Waals surface area contributed by atoms with E-state index in [4.69, 9.17) is 0 Å². The Morgan fingerprint density at radius 3 is 2.00 bits per heavy atom. The van der Waals surface area contributed by atoms with Crippen molar-refractivity contribution in [2.75, 3.05) is 28.2 Å². The van der Waals surface area contributed by atoms with Gasteiger partial charge in [0.15, 0.2) is 0 Å². The molecular weight excluding hydrogens is 160 g/mol. The summed E-state index contributed by atoms with van der Waals surface area (Å²) in [6.07, 6.45) is 3.01. The minimum Gasteiger partial charge on any atom is -0.305 e. The molecule has 0 bridgehead atoms. The van der Waals surface area contributed by atoms with Crippen molar-refractivity contribution in [3.63, 3.8) is 0 Å². The third-order valence-corrected chi connectivity index (χ3v) is 3.25. The van der Waals surface area contributed by atoms with Crippen molar-refractivity contribution in [1.82, 2.24) is 9.80 Å². The maximum Gasteiger partial charge on any atom is 0.0361 e. The summed E-state index contributed by atoms with van der Waals surface area (Å²) in [5, 5.41) is 0. The lowest BCUT2D eigenvalue weighted by Crippen LogP contribution is -2.54. The lowest BCUT2D eigenvalue weighted by atomic mass is 9.87. The summed E-state index contributed by atoms with van der Waals surface area (Å²) in [5.41, 5.74) is 0.172. The van der Waals surface area contributed by atoms with Crippen LogP contribution in [0.1, 0.15) is 20.3 Å². The molecule has 0 aromatic rings. The highest BCUT2D eigenvalue weighted by Crippen LogP contribution is 2.24. The van der Waals surface area contributed by atoms with Gasteiger partial charge in [-0.15, -0.1) is 6.58 Å². The molecule has 13 heavy (non-hydrogen) atoms. The quantitative estimate of drug-likeness (QED) is 0.602. The van der Waals surface area contributed by atoms with Crippen LogP contribution in [0.4, 0.5) is 0 Å². The third kappa shape index (κ3) is 2.82. The van der Waals surface area contributed by atoms with E-state index in [2.05, 4.69) is 58.4 Å². The number of nitrogens with zero attached hydrogens (tertiary/aromatic N) is 2. The van der Waals surface area contributed by atoms with E-state index >= 15 is 0 Å². The average Bonchev–Trinajstić information content (AvgIpc) is 2.02. The predicted octanol–water partition coefficient (Wildman–Crippen LogP) is 1.83. The summed E-state index contributed by atoms with van der Waals surface area (Å²) in [5.74, 6) is 0. The topological polar surface area (TPSA) is 6.48 Å². The van der Waals surface area contributed by atoms with Crippen LogP contribution in [-0.2, 0) is 0 Å². The normalized spacial score (nSPS) is 18.8. The van der Waals surface area contributed by atoms with Crippen molar-refractivity contribution >= 4 is 0 Å². The first kappa shape index (κ1) is 12.7. The van der Waals surface area contributed by atoms with Gasteiger partial charge in [-0.2, -0.15) is 0 Å². The van der Waals surface area contributed by atoms with E-state index in [0.717, 1.165) is 6.42 Å². The molecule has 2 unspecified atom stereocenters. The van der Waals surface area contributed by atoms with Crippen LogP contribution >= 0.6 is 0 Å². The van der Waals surface area contributed by atoms with Gasteiger partial charge in [-0.25, -0.2) is 0 Å². The Kier molecular flexibility index (Phi) is 4.65. The highest BCUT2D eigenvalue weighted by Gasteiger charge is 2.33. The summed E-state index contributed by atoms with van der Waals surface area (Å²) in [4.78, 5) is 4.53. The van der Waals surface area contributed by atoms with Crippen LogP contribution in [0.3, 0.4) is 0 Å². The van der Waals surface area contributed by atoms with E-state index in [0.29, 0.717) is 6.04 Å². The van der Waals surface area contributed by atoms with Gasteiger partial charge in [-0.3, -0.25) is 0 Å². The zero-order valence-corrected chi connectivity index (χ0v) is 9.96. The first-order valence-corrected chi connectivity index (χ1v) is 4.81. The van der Waals surface area contributed by atoms with Crippen molar-refractivity contribution in [3.05, 3.63) is 12.7 Å². The van der Waals surface area contributed by atoms with Gasteiger partial charge in [0, 0.05) is 11.6 Å². The van der Waals surface area contributed by atoms with Gasteiger partial charge in [-0.1, -0.05) is 6.08 Å². The fourth-order valence-electron chi connectivity index (χ4n) is 1.58. The largest absolute Gasteiger partial charge is 0.305 e. The van der Waals surface area contributed by atoms with Crippen molar-refractivity contribution in [1.29, 1.82) is 0 Å². The average molecular weight is 184 g/mol. The van der Waals surface area contributed by atoms with Crippen LogP contribution < -0.4 is 0 Å². The molecule has 0 spiro atoms. The zero-order valence-electron chi connectivity index (χ0n) is 9.96. The molecule has 2 atom stereocenters. The van der Waals surface area contributed by atoms with Gasteiger partial charge in [0.25, 0.3) is 0 Å². The molecule has 0 rings (SSSR count). The monoisotopic (exact) mass is 184 g/mol. The molecule has 0 aliphatic carbocycles. The van der Waals surface area contributed by atoms with Crippen molar-refractivity contribution < 1.29 is 0 Å². The molecule has 0 radical (unpaired) electrons. The van der Waals surface area contributed by atoms with Gasteiger partial charge in [-0.05, 0) is 48.5 Å². The standard InChI is InChI=1S/C11H24N2/c1-8-9-11(3,13(6)7)10(2)12(4)5/h8,10H,1,9H2,2-7H3. The Morgan fingerprint density at radius 2 is 1.77 bits per heavy atom. The Hall–Kier alpha value is -0.340. The van der Waals surface area contributed by atoms with Crippen molar-refractivity contribution in [2.45, 2.75) is 31.8 Å². The highest BCUT2D eigenvalue weighted by molar-refractivity contribution is 4.97. The summed E-state index contributed by atoms with van der Waals surface area (Å²) in [6, 6.07) is 0.514. The Balaban J connectivity index is 4.66. The summed E-state index contributed by atoms with van der Waals surface area (Å²) in [6.45, 7) is 8.36. The zero-order chi connectivity index (χ0) is 10.6. The Labute approximate surface area is 83.2 Å². The maximum absolute atomic E-state index is 3.82. The van der Waals surface area contributed by atoms with Crippen molar-refractivity contribution in [2.24, 2.45) is 0 Å². The number of hydrogen-bond donors (Lipinski definition) is 0. The first-order chi connectivity index (χ1) is 5.86. The smallest absolute Gasteiger partial charge is 0.0361 e. The van der Waals surface area contributed by atoms with Gasteiger partial charge >= 0.3 is 0 Å². The second-order valence-corrected chi connectivity index (χ2v) is 4.38. The molecule has 2 heteroatoms. The molecule has 0 saturated carbocycles. The van der Waals surface area contributed by atoms with Crippen LogP contribution in [0.5, 0.6) is 0 Å². The number of rotatable bonds is 5. The first-order valence-electron chi connectivity index (χ1n) is 4.81. The molecule has 0 saturated heterocycles. The molecule has 0 aromatic carbocycles. The second kappa shape index (κ2) is 4.77. The van der Waals surface area contributed by atoms with Crippen LogP contribution in [-0.4, -0.2) is 49.6 Å². The summed E-state index contributed by atoms with van der Waals surface area (Å²) < 4.78 is 0. The van der Waals surface area contributed by atoms with Crippen LogP contribution in [0.25, 0.3) is 0 Å². The molecule has 0 heterocycles. The molecule has 0 N–H and O–H groups in total. The minimum atomic E-state index is 0.172. The molecule has 0 aliphatic rings. The van der Waals surface area contributed by atoms with Gasteiger partial charge in [0.2, 0.25) is 0 Å². The molecular formula is C11H24N2. The minimum absolute atomic E-state index is 0.172. The number of likely N-dealkylation sites (N-methyl/N-ethyl adjacent to an activating group) is 2. The molecule has 2 nitrogen and oxygen atoms in total. The summed E-state index contributed by atoms with van der Waals surface area (Å²) in [7, 11) is 8.50. The van der Waals surface area contributed by atoms with E-state index < -0.39 is 0 Å². The second-order valence-electron chi connectivity index (χ2n) is 4.38. The van der Waals surface area contributed by atoms with Crippen molar-refractivity contribution in [3.8, 4) is 0 Å². The molecule has 78 valence electrons. The van der Waals surface area contributed by atoms with Crippen LogP contribution in [0.15, 0.2) is 12.7 Å². The Bertz CT molecular complexity index is 163. The van der Waals surface area contributed by atoms with Gasteiger partial charge < -0.3 is 9.80 Å². The highest BCUT2D eigenvalue weighted by atomic mass is 15.2. The molecule has 0 amide bonds. The lowest BCUT2D eigenvalue weighted by molar-refractivity contribution is 0.0757. The van der Waals surface area contributed by atoms with E-state index in [1.54, 1.807) is 0 Å². The number of hydrogen-bond acceptors (Lipinski definition) is 2. The summed E-state index contributed by atoms with van der Waals surface area (Å²) >= 11 is 0. The fraction of sp³-hybridized carbons (Fsp3) is 0.818. The van der Waals surface area contributed by atoms with E-state index in [9.17, 15) is 0 Å². The third-order valence-electron chi connectivity index (χ3n) is 3.25. The van der Waals surface area contributed by atoms with E-state index in [1.165, 1.54) is 0 Å². The Morgan fingerprint density at radius 1 is 1.31 bits per heavy atom. The molecule has 0 fully saturated rings. The van der Waals surface area contributed by atoms with Crippen LogP contribution in [0.2, 0.25) is 0 Å². The van der Waals surface area contributed by atoms with E-state index in [1.807, 2.05) is 6.08 Å². The maximum atomic E-state index is 3.82. The van der Waals surface area contributed by atoms with E-state index in [-0.39, 0.29) is 5.54 Å². The lowest BCUT2D eigenvalue weighted by Gasteiger charge is -2.44. The molecule has 0 aliphatic heterocycles. The molecule has 0 aromatic heterocycles.